The summed E-state index contributed by atoms with van der Waals surface area (Å²) in [6, 6.07) is 29.3. The van der Waals surface area contributed by atoms with Crippen molar-refractivity contribution in [1.82, 2.24) is 9.97 Å². The third kappa shape index (κ3) is 4.24. The summed E-state index contributed by atoms with van der Waals surface area (Å²) in [7, 11) is 0. The summed E-state index contributed by atoms with van der Waals surface area (Å²) in [5.41, 5.74) is 6.61. The summed E-state index contributed by atoms with van der Waals surface area (Å²) in [4.78, 5) is 9.34. The molecule has 4 nitrogen and oxygen atoms in total. The molecule has 0 amide bonds. The van der Waals surface area contributed by atoms with Gasteiger partial charge in [0.2, 0.25) is 0 Å². The molecule has 5 heteroatoms. The number of anilines is 1. The first-order chi connectivity index (χ1) is 13.8. The van der Waals surface area contributed by atoms with Gasteiger partial charge in [-0.25, -0.2) is 9.97 Å². The number of nitrogens with one attached hydrogen (secondary N) is 1. The second kappa shape index (κ2) is 8.46. The fourth-order valence-electron chi connectivity index (χ4n) is 2.73. The van der Waals surface area contributed by atoms with E-state index in [-0.39, 0.29) is 0 Å². The van der Waals surface area contributed by atoms with Crippen LogP contribution in [0.3, 0.4) is 0 Å². The second-order valence-electron chi connectivity index (χ2n) is 6.09. The van der Waals surface area contributed by atoms with E-state index in [4.69, 9.17) is 16.6 Å². The number of aromatic nitrogens is 2. The van der Waals surface area contributed by atoms with E-state index in [0.717, 1.165) is 22.4 Å². The van der Waals surface area contributed by atoms with Gasteiger partial charge in [-0.1, -0.05) is 90.5 Å². The highest BCUT2D eigenvalue weighted by atomic mass is 35.5. The molecule has 1 N–H and O–H groups in total. The molecule has 0 unspecified atom stereocenters. The minimum atomic E-state index is 0.607. The van der Waals surface area contributed by atoms with E-state index in [9.17, 15) is 0 Å². The molecule has 0 atom stereocenters. The summed E-state index contributed by atoms with van der Waals surface area (Å²) >= 11 is 6.17. The molecule has 1 heterocycles. The van der Waals surface area contributed by atoms with Gasteiger partial charge in [0.05, 0.1) is 11.9 Å². The minimum absolute atomic E-state index is 0.607. The molecule has 0 aliphatic heterocycles. The number of nitrogens with zero attached hydrogens (tertiary/aromatic N) is 3. The predicted molar refractivity (Wildman–Crippen MR) is 116 cm³/mol. The fourth-order valence-corrected chi connectivity index (χ4v) is 2.91. The number of hydrogen-bond acceptors (Lipinski definition) is 4. The Balaban J connectivity index is 1.69. The average molecular weight is 385 g/mol. The lowest BCUT2D eigenvalue weighted by Crippen LogP contribution is -1.99. The van der Waals surface area contributed by atoms with Crippen LogP contribution in [-0.4, -0.2) is 16.2 Å². The lowest BCUT2D eigenvalue weighted by Gasteiger charge is -2.08. The molecule has 0 bridgehead atoms. The van der Waals surface area contributed by atoms with Crippen molar-refractivity contribution in [2.45, 2.75) is 0 Å². The van der Waals surface area contributed by atoms with Crippen molar-refractivity contribution in [3.63, 3.8) is 0 Å². The van der Waals surface area contributed by atoms with Gasteiger partial charge < -0.3 is 0 Å². The van der Waals surface area contributed by atoms with Gasteiger partial charge in [0, 0.05) is 27.8 Å². The van der Waals surface area contributed by atoms with E-state index in [0.29, 0.717) is 16.7 Å². The summed E-state index contributed by atoms with van der Waals surface area (Å²) in [6.07, 6.45) is 1.68. The lowest BCUT2D eigenvalue weighted by molar-refractivity contribution is 1.15. The molecular formula is C23H17ClN4. The molecule has 4 aromatic rings. The molecule has 3 aromatic carbocycles. The Morgan fingerprint density at radius 1 is 0.750 bits per heavy atom. The SMILES string of the molecule is Clc1ccccc1/C=N/Nc1cc(-c2ccccc2)nc(-c2ccccc2)n1. The van der Waals surface area contributed by atoms with Crippen LogP contribution in [0.15, 0.2) is 96.1 Å². The van der Waals surface area contributed by atoms with Crippen LogP contribution in [0.4, 0.5) is 5.82 Å². The van der Waals surface area contributed by atoms with Crippen molar-refractivity contribution in [3.8, 4) is 22.6 Å². The molecule has 0 fully saturated rings. The molecule has 0 spiro atoms. The van der Waals surface area contributed by atoms with Gasteiger partial charge in [-0.3, -0.25) is 5.43 Å². The fraction of sp³-hybridized carbons (Fsp3) is 0. The van der Waals surface area contributed by atoms with Crippen molar-refractivity contribution in [3.05, 3.63) is 102 Å². The number of hydrogen-bond donors (Lipinski definition) is 1. The second-order valence-corrected chi connectivity index (χ2v) is 6.49. The maximum Gasteiger partial charge on any atom is 0.162 e. The van der Waals surface area contributed by atoms with Crippen molar-refractivity contribution >= 4 is 23.6 Å². The van der Waals surface area contributed by atoms with Crippen LogP contribution in [-0.2, 0) is 0 Å². The highest BCUT2D eigenvalue weighted by Gasteiger charge is 2.08. The van der Waals surface area contributed by atoms with E-state index in [1.54, 1.807) is 6.21 Å². The first-order valence-electron chi connectivity index (χ1n) is 8.83. The molecule has 4 rings (SSSR count). The Bertz CT molecular complexity index is 1040. The lowest BCUT2D eigenvalue weighted by atomic mass is 10.1. The zero-order chi connectivity index (χ0) is 19.2. The Morgan fingerprint density at radius 3 is 2.11 bits per heavy atom. The first-order valence-corrected chi connectivity index (χ1v) is 9.21. The van der Waals surface area contributed by atoms with Crippen molar-refractivity contribution in [2.24, 2.45) is 5.10 Å². The highest BCUT2D eigenvalue weighted by Crippen LogP contribution is 2.24. The van der Waals surface area contributed by atoms with E-state index in [1.807, 2.05) is 91.0 Å². The van der Waals surface area contributed by atoms with Crippen LogP contribution in [0.25, 0.3) is 22.6 Å². The molecule has 0 saturated carbocycles. The summed E-state index contributed by atoms with van der Waals surface area (Å²) in [6.45, 7) is 0. The summed E-state index contributed by atoms with van der Waals surface area (Å²) in [5, 5.41) is 4.94. The van der Waals surface area contributed by atoms with Gasteiger partial charge in [0.1, 0.15) is 0 Å². The third-order valence-electron chi connectivity index (χ3n) is 4.12. The van der Waals surface area contributed by atoms with Gasteiger partial charge in [0.15, 0.2) is 11.6 Å². The molecule has 0 aliphatic rings. The topological polar surface area (TPSA) is 50.2 Å². The molecule has 0 aliphatic carbocycles. The van der Waals surface area contributed by atoms with Gasteiger partial charge in [-0.2, -0.15) is 5.10 Å². The van der Waals surface area contributed by atoms with Crippen molar-refractivity contribution < 1.29 is 0 Å². The number of rotatable bonds is 5. The van der Waals surface area contributed by atoms with Crippen LogP contribution >= 0.6 is 11.6 Å². The van der Waals surface area contributed by atoms with Crippen LogP contribution in [0.5, 0.6) is 0 Å². The van der Waals surface area contributed by atoms with Crippen LogP contribution in [0.1, 0.15) is 5.56 Å². The van der Waals surface area contributed by atoms with E-state index in [1.165, 1.54) is 0 Å². The molecular weight excluding hydrogens is 368 g/mol. The summed E-state index contributed by atoms with van der Waals surface area (Å²) < 4.78 is 0. The van der Waals surface area contributed by atoms with Crippen LogP contribution < -0.4 is 5.43 Å². The normalized spacial score (nSPS) is 10.9. The van der Waals surface area contributed by atoms with Gasteiger partial charge >= 0.3 is 0 Å². The quantitative estimate of drug-likeness (QED) is 0.343. The smallest absolute Gasteiger partial charge is 0.162 e. The van der Waals surface area contributed by atoms with E-state index < -0.39 is 0 Å². The largest absolute Gasteiger partial charge is 0.261 e. The van der Waals surface area contributed by atoms with Gasteiger partial charge in [-0.15, -0.1) is 0 Å². The molecule has 0 saturated heterocycles. The number of benzene rings is 3. The number of hydrazone groups is 1. The van der Waals surface area contributed by atoms with Crippen molar-refractivity contribution in [2.75, 3.05) is 5.43 Å². The van der Waals surface area contributed by atoms with Crippen LogP contribution in [0, 0.1) is 0 Å². The predicted octanol–water partition coefficient (Wildman–Crippen LogP) is 5.91. The molecule has 28 heavy (non-hydrogen) atoms. The minimum Gasteiger partial charge on any atom is -0.261 e. The zero-order valence-electron chi connectivity index (χ0n) is 15.0. The molecule has 0 radical (unpaired) electrons. The Hall–Kier alpha value is -3.50. The highest BCUT2D eigenvalue weighted by molar-refractivity contribution is 6.33. The standard InChI is InChI=1S/C23H17ClN4/c24-20-14-8-7-13-19(20)16-25-28-22-15-21(17-9-3-1-4-10-17)26-23(27-22)18-11-5-2-6-12-18/h1-16H,(H,26,27,28)/b25-16+. The maximum atomic E-state index is 6.17. The van der Waals surface area contributed by atoms with Gasteiger partial charge in [0.25, 0.3) is 0 Å². The Morgan fingerprint density at radius 2 is 1.39 bits per heavy atom. The first kappa shape index (κ1) is 17.9. The summed E-state index contributed by atoms with van der Waals surface area (Å²) in [5.74, 6) is 1.24. The third-order valence-corrected chi connectivity index (χ3v) is 4.46. The molecule has 136 valence electrons. The zero-order valence-corrected chi connectivity index (χ0v) is 15.7. The Labute approximate surface area is 168 Å². The Kier molecular flexibility index (Phi) is 5.41. The van der Waals surface area contributed by atoms with E-state index >= 15 is 0 Å². The van der Waals surface area contributed by atoms with Crippen LogP contribution in [0.2, 0.25) is 5.02 Å². The number of halogens is 1. The molecule has 1 aromatic heterocycles. The van der Waals surface area contributed by atoms with Gasteiger partial charge in [-0.05, 0) is 6.07 Å². The monoisotopic (exact) mass is 384 g/mol. The van der Waals surface area contributed by atoms with Crippen molar-refractivity contribution in [1.29, 1.82) is 0 Å². The average Bonchev–Trinajstić information content (AvgIpc) is 2.76. The maximum absolute atomic E-state index is 6.17. The van der Waals surface area contributed by atoms with E-state index in [2.05, 4.69) is 15.5 Å².